The highest BCUT2D eigenvalue weighted by Crippen LogP contribution is 2.20. The van der Waals surface area contributed by atoms with Gasteiger partial charge >= 0.3 is 0 Å². The summed E-state index contributed by atoms with van der Waals surface area (Å²) in [4.78, 5) is 22.7. The highest BCUT2D eigenvalue weighted by Gasteiger charge is 2.17. The Bertz CT molecular complexity index is 599. The van der Waals surface area contributed by atoms with Crippen LogP contribution in [0.15, 0.2) is 18.6 Å². The van der Waals surface area contributed by atoms with Gasteiger partial charge in [-0.3, -0.25) is 19.2 Å². The molecule has 0 amide bonds. The summed E-state index contributed by atoms with van der Waals surface area (Å²) in [5.41, 5.74) is 2.62. The van der Waals surface area contributed by atoms with Crippen molar-refractivity contribution in [3.05, 3.63) is 24.2 Å². The molecule has 3 heterocycles. The van der Waals surface area contributed by atoms with Crippen molar-refractivity contribution in [3.8, 4) is 0 Å². The Morgan fingerprint density at radius 1 is 1.21 bits per heavy atom. The second-order valence-corrected chi connectivity index (χ2v) is 5.11. The fraction of sp³-hybridized carbons (Fsp3) is 0.500. The van der Waals surface area contributed by atoms with Crippen molar-refractivity contribution in [2.75, 3.05) is 13.1 Å². The molecule has 0 unspecified atom stereocenters. The summed E-state index contributed by atoms with van der Waals surface area (Å²) in [5.74, 6) is -0.0182. The molecule has 0 aromatic carbocycles. The molecule has 5 nitrogen and oxygen atoms in total. The number of fused-ring (bicyclic) bond motifs is 1. The van der Waals surface area contributed by atoms with Crippen LogP contribution in [0.25, 0.3) is 11.2 Å². The summed E-state index contributed by atoms with van der Waals surface area (Å²) in [6.45, 7) is 4.67. The molecule has 0 N–H and O–H groups in total. The van der Waals surface area contributed by atoms with E-state index in [9.17, 15) is 4.79 Å². The highest BCUT2D eigenvalue weighted by molar-refractivity contribution is 5.89. The van der Waals surface area contributed by atoms with Crippen LogP contribution in [0.3, 0.4) is 0 Å². The molecule has 1 fully saturated rings. The Balaban J connectivity index is 1.96. The minimum atomic E-state index is -0.0182. The molecule has 0 spiro atoms. The van der Waals surface area contributed by atoms with Gasteiger partial charge in [-0.15, -0.1) is 0 Å². The summed E-state index contributed by atoms with van der Waals surface area (Å²) in [5, 5.41) is 0. The van der Waals surface area contributed by atoms with E-state index in [1.807, 2.05) is 6.20 Å². The molecule has 3 rings (SSSR count). The molecule has 19 heavy (non-hydrogen) atoms. The van der Waals surface area contributed by atoms with Crippen LogP contribution >= 0.6 is 0 Å². The van der Waals surface area contributed by atoms with Gasteiger partial charge in [0, 0.05) is 37.6 Å². The van der Waals surface area contributed by atoms with Gasteiger partial charge < -0.3 is 0 Å². The Labute approximate surface area is 112 Å². The maximum Gasteiger partial charge on any atom is 0.229 e. The first-order valence-electron chi connectivity index (χ1n) is 6.80. The fourth-order valence-corrected chi connectivity index (χ4v) is 2.73. The quantitative estimate of drug-likeness (QED) is 0.827. The first kappa shape index (κ1) is 12.3. The normalized spacial score (nSPS) is 16.9. The lowest BCUT2D eigenvalue weighted by Gasteiger charge is -2.25. The number of hydrogen-bond acceptors (Lipinski definition) is 4. The van der Waals surface area contributed by atoms with E-state index < -0.39 is 0 Å². The standard InChI is InChI=1S/C14H18N4O/c1-11(19)18-10-12(9-17-7-3-2-4-8-17)13-14(18)16-6-5-15-13/h5-6,10H,2-4,7-9H2,1H3. The monoisotopic (exact) mass is 258 g/mol. The third kappa shape index (κ3) is 2.38. The lowest BCUT2D eigenvalue weighted by Crippen LogP contribution is -2.29. The van der Waals surface area contributed by atoms with Crippen molar-refractivity contribution < 1.29 is 4.79 Å². The largest absolute Gasteiger partial charge is 0.299 e. The van der Waals surface area contributed by atoms with Crippen LogP contribution < -0.4 is 0 Å². The lowest BCUT2D eigenvalue weighted by atomic mass is 10.1. The Morgan fingerprint density at radius 2 is 1.95 bits per heavy atom. The molecule has 0 atom stereocenters. The number of nitrogens with zero attached hydrogens (tertiary/aromatic N) is 4. The van der Waals surface area contributed by atoms with Gasteiger partial charge in [-0.1, -0.05) is 6.42 Å². The molecular formula is C14H18N4O. The average Bonchev–Trinajstić information content (AvgIpc) is 2.79. The summed E-state index contributed by atoms with van der Waals surface area (Å²) < 4.78 is 1.60. The van der Waals surface area contributed by atoms with Crippen molar-refractivity contribution in [3.63, 3.8) is 0 Å². The Morgan fingerprint density at radius 3 is 2.68 bits per heavy atom. The zero-order valence-electron chi connectivity index (χ0n) is 11.2. The molecule has 1 saturated heterocycles. The van der Waals surface area contributed by atoms with Gasteiger partial charge in [-0.2, -0.15) is 0 Å². The van der Waals surface area contributed by atoms with Gasteiger partial charge in [-0.25, -0.2) is 4.98 Å². The number of carbonyl (C=O) groups is 1. The molecule has 1 aliphatic rings. The van der Waals surface area contributed by atoms with E-state index in [1.165, 1.54) is 19.3 Å². The topological polar surface area (TPSA) is 51.0 Å². The van der Waals surface area contributed by atoms with Crippen molar-refractivity contribution in [1.82, 2.24) is 19.4 Å². The second-order valence-electron chi connectivity index (χ2n) is 5.11. The van der Waals surface area contributed by atoms with Gasteiger partial charge in [0.25, 0.3) is 0 Å². The van der Waals surface area contributed by atoms with E-state index in [1.54, 1.807) is 23.9 Å². The van der Waals surface area contributed by atoms with Crippen molar-refractivity contribution >= 4 is 17.1 Å². The maximum atomic E-state index is 11.6. The number of aromatic nitrogens is 3. The summed E-state index contributed by atoms with van der Waals surface area (Å²) in [6, 6.07) is 0. The maximum absolute atomic E-state index is 11.6. The summed E-state index contributed by atoms with van der Waals surface area (Å²) in [6.07, 6.45) is 9.06. The molecule has 1 aliphatic heterocycles. The van der Waals surface area contributed by atoms with Crippen LogP contribution in [-0.2, 0) is 6.54 Å². The smallest absolute Gasteiger partial charge is 0.229 e. The summed E-state index contributed by atoms with van der Waals surface area (Å²) >= 11 is 0. The van der Waals surface area contributed by atoms with Gasteiger partial charge in [-0.05, 0) is 25.9 Å². The lowest BCUT2D eigenvalue weighted by molar-refractivity contribution is 0.0940. The third-order valence-electron chi connectivity index (χ3n) is 3.68. The number of hydrogen-bond donors (Lipinski definition) is 0. The first-order valence-corrected chi connectivity index (χ1v) is 6.80. The fourth-order valence-electron chi connectivity index (χ4n) is 2.73. The number of likely N-dealkylation sites (tertiary alicyclic amines) is 1. The highest BCUT2D eigenvalue weighted by atomic mass is 16.1. The van der Waals surface area contributed by atoms with E-state index in [4.69, 9.17) is 0 Å². The van der Waals surface area contributed by atoms with Gasteiger partial charge in [0.05, 0.1) is 0 Å². The predicted molar refractivity (Wildman–Crippen MR) is 73.0 cm³/mol. The van der Waals surface area contributed by atoms with Gasteiger partial charge in [0.1, 0.15) is 5.52 Å². The van der Waals surface area contributed by atoms with Crippen LogP contribution in [-0.4, -0.2) is 38.4 Å². The molecule has 0 bridgehead atoms. The SMILES string of the molecule is CC(=O)n1cc(CN2CCCCC2)c2nccnc21. The van der Waals surface area contributed by atoms with E-state index in [-0.39, 0.29) is 5.91 Å². The molecule has 0 radical (unpaired) electrons. The number of piperidine rings is 1. The Kier molecular flexibility index (Phi) is 3.29. The van der Waals surface area contributed by atoms with Crippen molar-refractivity contribution in [1.29, 1.82) is 0 Å². The minimum absolute atomic E-state index is 0.0182. The minimum Gasteiger partial charge on any atom is -0.299 e. The van der Waals surface area contributed by atoms with Gasteiger partial charge in [0.15, 0.2) is 5.65 Å². The zero-order chi connectivity index (χ0) is 13.2. The molecule has 5 heteroatoms. The predicted octanol–water partition coefficient (Wildman–Crippen LogP) is 2.08. The first-order chi connectivity index (χ1) is 9.25. The van der Waals surface area contributed by atoms with E-state index in [2.05, 4.69) is 14.9 Å². The third-order valence-corrected chi connectivity index (χ3v) is 3.68. The van der Waals surface area contributed by atoms with Crippen LogP contribution in [0.4, 0.5) is 0 Å². The molecule has 100 valence electrons. The molecule has 2 aromatic heterocycles. The van der Waals surface area contributed by atoms with Crippen molar-refractivity contribution in [2.24, 2.45) is 0 Å². The molecular weight excluding hydrogens is 240 g/mol. The van der Waals surface area contributed by atoms with Crippen molar-refractivity contribution in [2.45, 2.75) is 32.7 Å². The van der Waals surface area contributed by atoms with Gasteiger partial charge in [0.2, 0.25) is 5.91 Å². The average molecular weight is 258 g/mol. The van der Waals surface area contributed by atoms with Crippen LogP contribution in [0, 0.1) is 0 Å². The second kappa shape index (κ2) is 5.09. The summed E-state index contributed by atoms with van der Waals surface area (Å²) in [7, 11) is 0. The number of carbonyl (C=O) groups excluding carboxylic acids is 1. The van der Waals surface area contributed by atoms with Crippen LogP contribution in [0.5, 0.6) is 0 Å². The van der Waals surface area contributed by atoms with Crippen LogP contribution in [0.1, 0.15) is 36.5 Å². The Hall–Kier alpha value is -1.75. The van der Waals surface area contributed by atoms with Crippen LogP contribution in [0.2, 0.25) is 0 Å². The van der Waals surface area contributed by atoms with E-state index in [0.29, 0.717) is 5.65 Å². The van der Waals surface area contributed by atoms with E-state index >= 15 is 0 Å². The molecule has 0 saturated carbocycles. The molecule has 0 aliphatic carbocycles. The van der Waals surface area contributed by atoms with E-state index in [0.717, 1.165) is 30.7 Å². The molecule has 2 aromatic rings. The number of rotatable bonds is 2. The zero-order valence-corrected chi connectivity index (χ0v) is 11.2.